The van der Waals surface area contributed by atoms with Gasteiger partial charge in [-0.15, -0.1) is 11.3 Å². The second kappa shape index (κ2) is 8.03. The number of hydrogen-bond donors (Lipinski definition) is 1. The van der Waals surface area contributed by atoms with Crippen molar-refractivity contribution in [2.24, 2.45) is 5.92 Å². The van der Waals surface area contributed by atoms with Crippen molar-refractivity contribution in [2.75, 3.05) is 6.61 Å². The summed E-state index contributed by atoms with van der Waals surface area (Å²) in [6, 6.07) is 4.22. The molecular weight excluding hydrogens is 256 g/mol. The Hall–Kier alpha value is -0.380. The van der Waals surface area contributed by atoms with E-state index in [1.807, 2.05) is 6.92 Å². The van der Waals surface area contributed by atoms with Crippen molar-refractivity contribution >= 4 is 11.3 Å². The molecule has 1 saturated carbocycles. The Bertz CT molecular complexity index is 331. The molecule has 0 spiro atoms. The van der Waals surface area contributed by atoms with Crippen molar-refractivity contribution in [3.8, 4) is 0 Å². The number of aryl methyl sites for hydroxylation is 1. The van der Waals surface area contributed by atoms with Crippen molar-refractivity contribution < 1.29 is 9.84 Å². The zero-order chi connectivity index (χ0) is 13.5. The summed E-state index contributed by atoms with van der Waals surface area (Å²) in [6.45, 7) is 2.74. The zero-order valence-corrected chi connectivity index (χ0v) is 12.7. The van der Waals surface area contributed by atoms with Crippen LogP contribution in [0.25, 0.3) is 0 Å². The van der Waals surface area contributed by atoms with E-state index in [1.165, 1.54) is 37.0 Å². The highest BCUT2D eigenvalue weighted by Gasteiger charge is 2.29. The highest BCUT2D eigenvalue weighted by atomic mass is 32.1. The van der Waals surface area contributed by atoms with Gasteiger partial charge in [0.05, 0.1) is 12.2 Å². The standard InChI is InChI=1S/C16H26O2S/c1-2-18-16(13-7-4-3-5-8-13)15(17)11-10-14-9-6-12-19-14/h6,9,12-13,15-17H,2-5,7-8,10-11H2,1H3. The Morgan fingerprint density at radius 1 is 1.37 bits per heavy atom. The lowest BCUT2D eigenvalue weighted by molar-refractivity contribution is -0.0743. The molecule has 0 bridgehead atoms. The molecule has 2 unspecified atom stereocenters. The smallest absolute Gasteiger partial charge is 0.0861 e. The molecule has 0 amide bonds. The second-order valence-corrected chi connectivity index (χ2v) is 6.54. The number of thiophene rings is 1. The maximum Gasteiger partial charge on any atom is 0.0861 e. The quantitative estimate of drug-likeness (QED) is 0.818. The molecule has 1 fully saturated rings. The van der Waals surface area contributed by atoms with Crippen LogP contribution in [0.2, 0.25) is 0 Å². The number of aliphatic hydroxyl groups is 1. The molecule has 1 aliphatic rings. The van der Waals surface area contributed by atoms with Gasteiger partial charge in [0.2, 0.25) is 0 Å². The minimum Gasteiger partial charge on any atom is -0.390 e. The third-order valence-electron chi connectivity index (χ3n) is 4.12. The molecule has 3 heteroatoms. The maximum atomic E-state index is 10.5. The van der Waals surface area contributed by atoms with E-state index in [1.54, 1.807) is 11.3 Å². The van der Waals surface area contributed by atoms with Crippen molar-refractivity contribution in [3.05, 3.63) is 22.4 Å². The molecule has 1 N–H and O–H groups in total. The molecule has 0 aromatic carbocycles. The summed E-state index contributed by atoms with van der Waals surface area (Å²) in [4.78, 5) is 1.36. The summed E-state index contributed by atoms with van der Waals surface area (Å²) in [6.07, 6.45) is 7.91. The second-order valence-electron chi connectivity index (χ2n) is 5.50. The van der Waals surface area contributed by atoms with Gasteiger partial charge < -0.3 is 9.84 Å². The number of rotatable bonds is 7. The fourth-order valence-corrected chi connectivity index (χ4v) is 3.85. The number of hydrogen-bond acceptors (Lipinski definition) is 3. The van der Waals surface area contributed by atoms with Gasteiger partial charge in [0.1, 0.15) is 0 Å². The predicted octanol–water partition coefficient (Wildman–Crippen LogP) is 4.03. The van der Waals surface area contributed by atoms with Crippen LogP contribution in [0, 0.1) is 5.92 Å². The van der Waals surface area contributed by atoms with Gasteiger partial charge in [-0.3, -0.25) is 0 Å². The molecule has 1 aromatic rings. The van der Waals surface area contributed by atoms with Gasteiger partial charge in [0.25, 0.3) is 0 Å². The van der Waals surface area contributed by atoms with Crippen LogP contribution >= 0.6 is 11.3 Å². The molecule has 108 valence electrons. The molecular formula is C16H26O2S. The number of aliphatic hydroxyl groups excluding tert-OH is 1. The summed E-state index contributed by atoms with van der Waals surface area (Å²) in [7, 11) is 0. The molecule has 2 rings (SSSR count). The van der Waals surface area contributed by atoms with Gasteiger partial charge in [-0.2, -0.15) is 0 Å². The number of ether oxygens (including phenoxy) is 1. The molecule has 0 saturated heterocycles. The van der Waals surface area contributed by atoms with Crippen LogP contribution in [-0.2, 0) is 11.2 Å². The topological polar surface area (TPSA) is 29.5 Å². The Labute approximate surface area is 120 Å². The minimum absolute atomic E-state index is 0.0465. The van der Waals surface area contributed by atoms with Crippen LogP contribution in [-0.4, -0.2) is 23.9 Å². The summed E-state index contributed by atoms with van der Waals surface area (Å²) in [5, 5.41) is 12.6. The van der Waals surface area contributed by atoms with Gasteiger partial charge in [-0.25, -0.2) is 0 Å². The summed E-state index contributed by atoms with van der Waals surface area (Å²) in [5.74, 6) is 0.562. The van der Waals surface area contributed by atoms with Crippen LogP contribution < -0.4 is 0 Å². The fourth-order valence-electron chi connectivity index (χ4n) is 3.13. The first-order chi connectivity index (χ1) is 9.31. The molecule has 1 heterocycles. The minimum atomic E-state index is -0.315. The highest BCUT2D eigenvalue weighted by Crippen LogP contribution is 2.30. The first kappa shape index (κ1) is 15.0. The first-order valence-corrected chi connectivity index (χ1v) is 8.51. The van der Waals surface area contributed by atoms with Crippen LogP contribution in [0.1, 0.15) is 50.3 Å². The van der Waals surface area contributed by atoms with Gasteiger partial charge in [-0.1, -0.05) is 25.3 Å². The van der Waals surface area contributed by atoms with E-state index in [4.69, 9.17) is 4.74 Å². The van der Waals surface area contributed by atoms with Gasteiger partial charge >= 0.3 is 0 Å². The third-order valence-corrected chi connectivity index (χ3v) is 5.06. The van der Waals surface area contributed by atoms with E-state index in [-0.39, 0.29) is 12.2 Å². The lowest BCUT2D eigenvalue weighted by Crippen LogP contribution is -2.37. The Balaban J connectivity index is 1.85. The zero-order valence-electron chi connectivity index (χ0n) is 11.9. The van der Waals surface area contributed by atoms with E-state index < -0.39 is 0 Å². The van der Waals surface area contributed by atoms with Crippen LogP contribution in [0.5, 0.6) is 0 Å². The van der Waals surface area contributed by atoms with Crippen molar-refractivity contribution in [2.45, 2.75) is 64.1 Å². The van der Waals surface area contributed by atoms with Crippen LogP contribution in [0.3, 0.4) is 0 Å². The van der Waals surface area contributed by atoms with Gasteiger partial charge in [0, 0.05) is 11.5 Å². The van der Waals surface area contributed by atoms with E-state index in [9.17, 15) is 5.11 Å². The maximum absolute atomic E-state index is 10.5. The van der Waals surface area contributed by atoms with Crippen LogP contribution in [0.15, 0.2) is 17.5 Å². The lowest BCUT2D eigenvalue weighted by atomic mass is 9.82. The summed E-state index contributed by atoms with van der Waals surface area (Å²) < 4.78 is 5.87. The SMILES string of the molecule is CCOC(C(O)CCc1cccs1)C1CCCCC1. The summed E-state index contributed by atoms with van der Waals surface area (Å²) >= 11 is 1.77. The third kappa shape index (κ3) is 4.59. The molecule has 1 aliphatic carbocycles. The Kier molecular flexibility index (Phi) is 6.35. The van der Waals surface area contributed by atoms with E-state index in [2.05, 4.69) is 17.5 Å². The monoisotopic (exact) mass is 282 g/mol. The average Bonchev–Trinajstić information content (AvgIpc) is 2.96. The summed E-state index contributed by atoms with van der Waals surface area (Å²) in [5.41, 5.74) is 0. The first-order valence-electron chi connectivity index (χ1n) is 7.63. The van der Waals surface area contributed by atoms with Crippen LogP contribution in [0.4, 0.5) is 0 Å². The molecule has 19 heavy (non-hydrogen) atoms. The van der Waals surface area contributed by atoms with Gasteiger partial charge in [-0.05, 0) is 50.0 Å². The van der Waals surface area contributed by atoms with E-state index in [0.29, 0.717) is 12.5 Å². The largest absolute Gasteiger partial charge is 0.390 e. The van der Waals surface area contributed by atoms with Crippen molar-refractivity contribution in [1.29, 1.82) is 0 Å². The molecule has 2 nitrogen and oxygen atoms in total. The van der Waals surface area contributed by atoms with E-state index >= 15 is 0 Å². The van der Waals surface area contributed by atoms with Gasteiger partial charge in [0.15, 0.2) is 0 Å². The molecule has 0 radical (unpaired) electrons. The molecule has 2 atom stereocenters. The van der Waals surface area contributed by atoms with E-state index in [0.717, 1.165) is 12.8 Å². The Morgan fingerprint density at radius 2 is 2.16 bits per heavy atom. The lowest BCUT2D eigenvalue weighted by Gasteiger charge is -2.33. The van der Waals surface area contributed by atoms with Crippen molar-refractivity contribution in [1.82, 2.24) is 0 Å². The fraction of sp³-hybridized carbons (Fsp3) is 0.750. The highest BCUT2D eigenvalue weighted by molar-refractivity contribution is 7.09. The average molecular weight is 282 g/mol. The normalized spacial score (nSPS) is 20.3. The molecule has 1 aromatic heterocycles. The predicted molar refractivity (Wildman–Crippen MR) is 80.6 cm³/mol. The molecule has 0 aliphatic heterocycles. The Morgan fingerprint density at radius 3 is 2.79 bits per heavy atom. The van der Waals surface area contributed by atoms with Crippen molar-refractivity contribution in [3.63, 3.8) is 0 Å².